The van der Waals surface area contributed by atoms with Crippen molar-refractivity contribution in [3.05, 3.63) is 65.5 Å². The summed E-state index contributed by atoms with van der Waals surface area (Å²) in [6.45, 7) is 2.49. The Morgan fingerprint density at radius 3 is 2.58 bits per heavy atom. The molecule has 0 bridgehead atoms. The van der Waals surface area contributed by atoms with Crippen LogP contribution in [-0.4, -0.2) is 48.4 Å². The monoisotopic (exact) mass is 456 g/mol. The van der Waals surface area contributed by atoms with Crippen LogP contribution in [0.2, 0.25) is 0 Å². The van der Waals surface area contributed by atoms with Crippen LogP contribution < -0.4 is 0 Å². The number of hydrogen-bond donors (Lipinski definition) is 0. The van der Waals surface area contributed by atoms with Crippen molar-refractivity contribution in [2.75, 3.05) is 6.54 Å². The quantitative estimate of drug-likeness (QED) is 0.583. The summed E-state index contributed by atoms with van der Waals surface area (Å²) in [6, 6.07) is 6.06. The van der Waals surface area contributed by atoms with E-state index in [0.29, 0.717) is 48.3 Å². The molecule has 0 aromatic carbocycles. The van der Waals surface area contributed by atoms with Gasteiger partial charge in [-0.2, -0.15) is 23.4 Å². The van der Waals surface area contributed by atoms with Gasteiger partial charge in [0.2, 0.25) is 0 Å². The molecule has 3 aromatic rings. The SMILES string of the molecule is Cc1ccc(-n2nccn2)c(C(=O)N2C[C@@H]3C[C@@H]3C[C@H]2CCc2ccc(C(F)(F)F)cn2)n1. The Labute approximate surface area is 188 Å². The molecule has 1 saturated heterocycles. The molecule has 0 spiro atoms. The maximum absolute atomic E-state index is 13.7. The second kappa shape index (κ2) is 8.24. The molecule has 0 radical (unpaired) electrons. The lowest BCUT2D eigenvalue weighted by Gasteiger charge is -2.35. The van der Waals surface area contributed by atoms with Crippen LogP contribution in [0.5, 0.6) is 0 Å². The van der Waals surface area contributed by atoms with E-state index >= 15 is 0 Å². The summed E-state index contributed by atoms with van der Waals surface area (Å²) in [5.74, 6) is 0.949. The molecular formula is C23H23F3N6O. The Kier molecular flexibility index (Phi) is 5.38. The zero-order valence-electron chi connectivity index (χ0n) is 18.0. The zero-order chi connectivity index (χ0) is 23.2. The maximum Gasteiger partial charge on any atom is 0.417 e. The van der Waals surface area contributed by atoms with Gasteiger partial charge in [-0.3, -0.25) is 9.78 Å². The standard InChI is InChI=1S/C23H23F3N6O/c1-14-2-7-20(32-28-8-9-29-32)21(30-14)22(33)31-13-16-10-15(16)11-19(31)6-5-18-4-3-17(12-27-18)23(24,25)26/h2-4,7-9,12,15-16,19H,5-6,10-11,13H2,1H3/t15-,16+,19-/m1/s1. The van der Waals surface area contributed by atoms with Gasteiger partial charge in [-0.15, -0.1) is 4.80 Å². The van der Waals surface area contributed by atoms with Gasteiger partial charge in [-0.1, -0.05) is 0 Å². The molecule has 0 unspecified atom stereocenters. The minimum Gasteiger partial charge on any atom is -0.334 e. The van der Waals surface area contributed by atoms with Crippen LogP contribution in [0.3, 0.4) is 0 Å². The number of halogens is 3. The van der Waals surface area contributed by atoms with Crippen LogP contribution in [0.1, 0.15) is 46.7 Å². The van der Waals surface area contributed by atoms with E-state index in [1.54, 1.807) is 18.5 Å². The van der Waals surface area contributed by atoms with Crippen LogP contribution in [0.4, 0.5) is 13.2 Å². The number of amides is 1. The number of carbonyl (C=O) groups excluding carboxylic acids is 1. The number of rotatable bonds is 5. The molecule has 7 nitrogen and oxygen atoms in total. The van der Waals surface area contributed by atoms with E-state index in [1.807, 2.05) is 17.9 Å². The fourth-order valence-corrected chi connectivity index (χ4v) is 4.62. The maximum atomic E-state index is 13.7. The molecule has 0 N–H and O–H groups in total. The molecule has 33 heavy (non-hydrogen) atoms. The molecule has 5 rings (SSSR count). The highest BCUT2D eigenvalue weighted by atomic mass is 19.4. The lowest BCUT2D eigenvalue weighted by Crippen LogP contribution is -2.45. The molecule has 1 aliphatic heterocycles. The number of piperidine rings is 1. The first-order valence-corrected chi connectivity index (χ1v) is 11.0. The van der Waals surface area contributed by atoms with Gasteiger partial charge in [0.1, 0.15) is 5.69 Å². The average molecular weight is 456 g/mol. The number of carbonyl (C=O) groups is 1. The molecule has 3 atom stereocenters. The van der Waals surface area contributed by atoms with Gasteiger partial charge in [0.15, 0.2) is 5.69 Å². The van der Waals surface area contributed by atoms with Crippen molar-refractivity contribution in [2.45, 2.75) is 44.8 Å². The lowest BCUT2D eigenvalue weighted by molar-refractivity contribution is -0.137. The largest absolute Gasteiger partial charge is 0.417 e. The van der Waals surface area contributed by atoms with E-state index in [0.717, 1.165) is 30.8 Å². The summed E-state index contributed by atoms with van der Waals surface area (Å²) in [5, 5.41) is 8.31. The third-order valence-electron chi connectivity index (χ3n) is 6.51. The highest BCUT2D eigenvalue weighted by Crippen LogP contribution is 2.48. The highest BCUT2D eigenvalue weighted by molar-refractivity contribution is 5.96. The van der Waals surface area contributed by atoms with Crippen LogP contribution in [0.25, 0.3) is 5.69 Å². The number of alkyl halides is 3. The summed E-state index contributed by atoms with van der Waals surface area (Å²) in [6.07, 6.45) is 2.68. The van der Waals surface area contributed by atoms with E-state index in [1.165, 1.54) is 10.9 Å². The molecule has 172 valence electrons. The van der Waals surface area contributed by atoms with Crippen LogP contribution >= 0.6 is 0 Å². The van der Waals surface area contributed by atoms with Gasteiger partial charge >= 0.3 is 6.18 Å². The van der Waals surface area contributed by atoms with E-state index < -0.39 is 11.7 Å². The summed E-state index contributed by atoms with van der Waals surface area (Å²) >= 11 is 0. The topological polar surface area (TPSA) is 76.8 Å². The number of fused-ring (bicyclic) bond motifs is 1. The predicted octanol–water partition coefficient (Wildman–Crippen LogP) is 3.87. The van der Waals surface area contributed by atoms with Crippen molar-refractivity contribution >= 4 is 5.91 Å². The van der Waals surface area contributed by atoms with Crippen LogP contribution in [-0.2, 0) is 12.6 Å². The van der Waals surface area contributed by atoms with Gasteiger partial charge in [0.25, 0.3) is 5.91 Å². The van der Waals surface area contributed by atoms with Crippen molar-refractivity contribution in [1.82, 2.24) is 29.9 Å². The van der Waals surface area contributed by atoms with Gasteiger partial charge < -0.3 is 4.90 Å². The van der Waals surface area contributed by atoms with Gasteiger partial charge in [-0.05, 0) is 68.7 Å². The first-order chi connectivity index (χ1) is 15.8. The molecule has 1 aliphatic carbocycles. The second-order valence-electron chi connectivity index (χ2n) is 8.82. The van der Waals surface area contributed by atoms with E-state index in [2.05, 4.69) is 20.2 Å². The third kappa shape index (κ3) is 4.46. The Bertz CT molecular complexity index is 1150. The molecular weight excluding hydrogens is 433 g/mol. The molecule has 4 heterocycles. The van der Waals surface area contributed by atoms with Gasteiger partial charge in [0, 0.05) is 30.2 Å². The molecule has 1 amide bonds. The lowest BCUT2D eigenvalue weighted by atomic mass is 9.96. The molecule has 1 saturated carbocycles. The molecule has 2 aliphatic rings. The van der Waals surface area contributed by atoms with Gasteiger partial charge in [-0.25, -0.2) is 4.98 Å². The van der Waals surface area contributed by atoms with Crippen LogP contribution in [0, 0.1) is 18.8 Å². The van der Waals surface area contributed by atoms with Crippen molar-refractivity contribution < 1.29 is 18.0 Å². The fraction of sp³-hybridized carbons (Fsp3) is 0.435. The molecule has 10 heteroatoms. The van der Waals surface area contributed by atoms with Crippen LogP contribution in [0.15, 0.2) is 42.9 Å². The van der Waals surface area contributed by atoms with E-state index in [4.69, 9.17) is 0 Å². The minimum atomic E-state index is -4.40. The predicted molar refractivity (Wildman–Crippen MR) is 112 cm³/mol. The normalized spacial score (nSPS) is 22.2. The van der Waals surface area contributed by atoms with E-state index in [9.17, 15) is 18.0 Å². The number of nitrogens with zero attached hydrogens (tertiary/aromatic N) is 6. The summed E-state index contributed by atoms with van der Waals surface area (Å²) in [5.41, 5.74) is 1.39. The fourth-order valence-electron chi connectivity index (χ4n) is 4.62. The highest BCUT2D eigenvalue weighted by Gasteiger charge is 2.47. The first kappa shape index (κ1) is 21.5. The summed E-state index contributed by atoms with van der Waals surface area (Å²) in [4.78, 5) is 25.4. The third-order valence-corrected chi connectivity index (χ3v) is 6.51. The smallest absolute Gasteiger partial charge is 0.334 e. The Balaban J connectivity index is 1.36. The number of hydrogen-bond acceptors (Lipinski definition) is 5. The summed E-state index contributed by atoms with van der Waals surface area (Å²) < 4.78 is 38.4. The molecule has 2 fully saturated rings. The Hall–Kier alpha value is -3.30. The van der Waals surface area contributed by atoms with E-state index in [-0.39, 0.29) is 11.9 Å². The van der Waals surface area contributed by atoms with Crippen molar-refractivity contribution in [1.29, 1.82) is 0 Å². The number of aryl methyl sites for hydroxylation is 2. The van der Waals surface area contributed by atoms with Crippen molar-refractivity contribution in [3.8, 4) is 5.69 Å². The molecule has 3 aromatic heterocycles. The number of pyridine rings is 2. The van der Waals surface area contributed by atoms with Crippen molar-refractivity contribution in [2.24, 2.45) is 11.8 Å². The summed E-state index contributed by atoms with van der Waals surface area (Å²) in [7, 11) is 0. The Morgan fingerprint density at radius 2 is 1.88 bits per heavy atom. The number of likely N-dealkylation sites (tertiary alicyclic amines) is 1. The average Bonchev–Trinajstić information content (AvgIpc) is 3.34. The number of aromatic nitrogens is 5. The van der Waals surface area contributed by atoms with Crippen molar-refractivity contribution in [3.63, 3.8) is 0 Å². The Morgan fingerprint density at radius 1 is 1.09 bits per heavy atom. The zero-order valence-corrected chi connectivity index (χ0v) is 18.0. The van der Waals surface area contributed by atoms with Gasteiger partial charge in [0.05, 0.1) is 18.0 Å². The minimum absolute atomic E-state index is 0.0221. The second-order valence-corrected chi connectivity index (χ2v) is 8.82. The first-order valence-electron chi connectivity index (χ1n) is 11.0.